The number of ether oxygens (including phenoxy) is 1. The van der Waals surface area contributed by atoms with Gasteiger partial charge >= 0.3 is 5.97 Å². The van der Waals surface area contributed by atoms with Gasteiger partial charge in [0.15, 0.2) is 5.69 Å². The van der Waals surface area contributed by atoms with Crippen molar-refractivity contribution < 1.29 is 9.53 Å². The first-order valence-electron chi connectivity index (χ1n) is 5.86. The van der Waals surface area contributed by atoms with Gasteiger partial charge in [0.2, 0.25) is 0 Å². The van der Waals surface area contributed by atoms with Crippen molar-refractivity contribution in [1.29, 1.82) is 0 Å². The van der Waals surface area contributed by atoms with E-state index >= 15 is 0 Å². The topological polar surface area (TPSA) is 64.1 Å². The summed E-state index contributed by atoms with van der Waals surface area (Å²) in [6.45, 7) is 3.14. The summed E-state index contributed by atoms with van der Waals surface area (Å²) in [6, 6.07) is 3.36. The van der Waals surface area contributed by atoms with Gasteiger partial charge in [0.25, 0.3) is 0 Å². The number of methoxy groups -OCH3 is 1. The first-order valence-corrected chi connectivity index (χ1v) is 5.86. The van der Waals surface area contributed by atoms with Crippen LogP contribution in [-0.2, 0) is 4.74 Å². The molecule has 0 radical (unpaired) electrons. The first-order chi connectivity index (χ1) is 8.20. The molecule has 1 unspecified atom stereocenters. The minimum absolute atomic E-state index is 0.230. The average molecular weight is 235 g/mol. The Kier molecular flexibility index (Phi) is 3.56. The Morgan fingerprint density at radius 1 is 1.53 bits per heavy atom. The highest BCUT2D eigenvalue weighted by Crippen LogP contribution is 2.36. The van der Waals surface area contributed by atoms with Crippen LogP contribution < -0.4 is 5.32 Å². The monoisotopic (exact) mass is 235 g/mol. The summed E-state index contributed by atoms with van der Waals surface area (Å²) in [5.41, 5.74) is 0.230. The first kappa shape index (κ1) is 11.8. The van der Waals surface area contributed by atoms with E-state index in [-0.39, 0.29) is 5.69 Å². The maximum absolute atomic E-state index is 11.1. The number of anilines is 1. The van der Waals surface area contributed by atoms with Crippen LogP contribution in [0.15, 0.2) is 12.1 Å². The third-order valence-electron chi connectivity index (χ3n) is 3.09. The van der Waals surface area contributed by atoms with Gasteiger partial charge in [0, 0.05) is 6.54 Å². The molecule has 2 rings (SSSR count). The Balaban J connectivity index is 1.86. The largest absolute Gasteiger partial charge is 0.464 e. The lowest BCUT2D eigenvalue weighted by molar-refractivity contribution is 0.0593. The number of rotatable bonds is 5. The molecule has 1 aromatic heterocycles. The fraction of sp³-hybridized carbons (Fsp3) is 0.583. The van der Waals surface area contributed by atoms with Gasteiger partial charge in [-0.15, -0.1) is 10.2 Å². The van der Waals surface area contributed by atoms with E-state index in [0.29, 0.717) is 11.7 Å². The molecule has 5 nitrogen and oxygen atoms in total. The van der Waals surface area contributed by atoms with Crippen LogP contribution in [0.4, 0.5) is 5.82 Å². The molecule has 5 heteroatoms. The number of carbonyl (C=O) groups is 1. The summed E-state index contributed by atoms with van der Waals surface area (Å²) in [5.74, 6) is 1.77. The Morgan fingerprint density at radius 3 is 2.82 bits per heavy atom. The number of esters is 1. The van der Waals surface area contributed by atoms with E-state index in [1.807, 2.05) is 0 Å². The quantitative estimate of drug-likeness (QED) is 0.787. The molecule has 0 saturated heterocycles. The Labute approximate surface area is 101 Å². The number of carbonyl (C=O) groups excluding carboxylic acids is 1. The van der Waals surface area contributed by atoms with Crippen molar-refractivity contribution in [3.05, 3.63) is 17.8 Å². The molecule has 0 bridgehead atoms. The van der Waals surface area contributed by atoms with E-state index < -0.39 is 5.97 Å². The number of hydrogen-bond acceptors (Lipinski definition) is 5. The zero-order valence-electron chi connectivity index (χ0n) is 10.1. The summed E-state index contributed by atoms with van der Waals surface area (Å²) in [5, 5.41) is 11.0. The van der Waals surface area contributed by atoms with E-state index in [0.717, 1.165) is 12.5 Å². The van der Waals surface area contributed by atoms with Crippen molar-refractivity contribution in [3.63, 3.8) is 0 Å². The van der Waals surface area contributed by atoms with Crippen LogP contribution in [-0.4, -0.2) is 29.8 Å². The smallest absolute Gasteiger partial charge is 0.358 e. The van der Waals surface area contributed by atoms with Crippen molar-refractivity contribution in [3.8, 4) is 0 Å². The summed E-state index contributed by atoms with van der Waals surface area (Å²) in [4.78, 5) is 11.1. The maximum atomic E-state index is 11.1. The molecule has 0 amide bonds. The Morgan fingerprint density at radius 2 is 2.29 bits per heavy atom. The second kappa shape index (κ2) is 5.12. The number of nitrogens with one attached hydrogen (secondary N) is 1. The maximum Gasteiger partial charge on any atom is 0.358 e. The molecule has 1 N–H and O–H groups in total. The number of nitrogens with zero attached hydrogens (tertiary/aromatic N) is 2. The lowest BCUT2D eigenvalue weighted by Gasteiger charge is -2.11. The minimum Gasteiger partial charge on any atom is -0.464 e. The SMILES string of the molecule is COC(=O)c1ccc(NCC(C)C2CC2)nn1. The molecule has 1 aromatic rings. The van der Waals surface area contributed by atoms with Crippen molar-refractivity contribution >= 4 is 11.8 Å². The molecule has 1 aliphatic carbocycles. The van der Waals surface area contributed by atoms with Crippen LogP contribution in [0.25, 0.3) is 0 Å². The normalized spacial score (nSPS) is 16.4. The summed E-state index contributed by atoms with van der Waals surface area (Å²) in [7, 11) is 1.33. The van der Waals surface area contributed by atoms with Gasteiger partial charge in [-0.3, -0.25) is 0 Å². The predicted molar refractivity (Wildman–Crippen MR) is 63.7 cm³/mol. The van der Waals surface area contributed by atoms with Crippen LogP contribution in [0.2, 0.25) is 0 Å². The van der Waals surface area contributed by atoms with E-state index in [1.165, 1.54) is 20.0 Å². The number of aromatic nitrogens is 2. The second-order valence-electron chi connectivity index (χ2n) is 4.49. The van der Waals surface area contributed by atoms with E-state index in [1.54, 1.807) is 12.1 Å². The van der Waals surface area contributed by atoms with E-state index in [9.17, 15) is 4.79 Å². The van der Waals surface area contributed by atoms with Crippen LogP contribution in [0.3, 0.4) is 0 Å². The highest BCUT2D eigenvalue weighted by Gasteiger charge is 2.27. The molecule has 0 aliphatic heterocycles. The standard InChI is InChI=1S/C12H17N3O2/c1-8(9-3-4-9)7-13-11-6-5-10(14-15-11)12(16)17-2/h5-6,8-9H,3-4,7H2,1-2H3,(H,13,15). The second-order valence-corrected chi connectivity index (χ2v) is 4.49. The third-order valence-corrected chi connectivity index (χ3v) is 3.09. The zero-order valence-corrected chi connectivity index (χ0v) is 10.1. The van der Waals surface area contributed by atoms with Crippen molar-refractivity contribution in [2.24, 2.45) is 11.8 Å². The van der Waals surface area contributed by atoms with Crippen molar-refractivity contribution in [2.45, 2.75) is 19.8 Å². The van der Waals surface area contributed by atoms with Crippen LogP contribution >= 0.6 is 0 Å². The Hall–Kier alpha value is -1.65. The predicted octanol–water partition coefficient (Wildman–Crippen LogP) is 1.72. The molecule has 0 aromatic carbocycles. The Bertz CT molecular complexity index is 387. The van der Waals surface area contributed by atoms with Gasteiger partial charge < -0.3 is 10.1 Å². The van der Waals surface area contributed by atoms with Gasteiger partial charge in [-0.2, -0.15) is 0 Å². The molecule has 1 atom stereocenters. The molecule has 1 fully saturated rings. The van der Waals surface area contributed by atoms with Gasteiger partial charge in [-0.1, -0.05) is 6.92 Å². The highest BCUT2D eigenvalue weighted by atomic mass is 16.5. The third kappa shape index (κ3) is 3.15. The zero-order chi connectivity index (χ0) is 12.3. The van der Waals surface area contributed by atoms with Crippen LogP contribution in [0.5, 0.6) is 0 Å². The van der Waals surface area contributed by atoms with Gasteiger partial charge in [0.05, 0.1) is 7.11 Å². The summed E-state index contributed by atoms with van der Waals surface area (Å²) < 4.78 is 4.55. The molecule has 1 heterocycles. The fourth-order valence-electron chi connectivity index (χ4n) is 1.74. The van der Waals surface area contributed by atoms with Gasteiger partial charge in [-0.05, 0) is 36.8 Å². The molecule has 92 valence electrons. The van der Waals surface area contributed by atoms with E-state index in [2.05, 4.69) is 27.2 Å². The van der Waals surface area contributed by atoms with Crippen molar-refractivity contribution in [2.75, 3.05) is 19.0 Å². The lowest BCUT2D eigenvalue weighted by Crippen LogP contribution is -2.14. The fourth-order valence-corrected chi connectivity index (χ4v) is 1.74. The molecule has 0 spiro atoms. The van der Waals surface area contributed by atoms with Gasteiger partial charge in [0.1, 0.15) is 5.82 Å². The van der Waals surface area contributed by atoms with Crippen molar-refractivity contribution in [1.82, 2.24) is 10.2 Å². The molecule has 1 aliphatic rings. The molecule has 1 saturated carbocycles. The molecular formula is C12H17N3O2. The van der Waals surface area contributed by atoms with Crippen LogP contribution in [0, 0.1) is 11.8 Å². The molecule has 17 heavy (non-hydrogen) atoms. The van der Waals surface area contributed by atoms with E-state index in [4.69, 9.17) is 0 Å². The minimum atomic E-state index is -0.463. The summed E-state index contributed by atoms with van der Waals surface area (Å²) >= 11 is 0. The average Bonchev–Trinajstić information content (AvgIpc) is 3.20. The lowest BCUT2D eigenvalue weighted by atomic mass is 10.1. The molecular weight excluding hydrogens is 218 g/mol. The highest BCUT2D eigenvalue weighted by molar-refractivity contribution is 5.86. The number of hydrogen-bond donors (Lipinski definition) is 1. The van der Waals surface area contributed by atoms with Crippen LogP contribution in [0.1, 0.15) is 30.3 Å². The van der Waals surface area contributed by atoms with Gasteiger partial charge in [-0.25, -0.2) is 4.79 Å². The summed E-state index contributed by atoms with van der Waals surface area (Å²) in [6.07, 6.45) is 2.69.